The maximum atomic E-state index is 17.3. The molecule has 0 bridgehead atoms. The summed E-state index contributed by atoms with van der Waals surface area (Å²) < 4.78 is 54.9. The molecule has 1 radical (unpaired) electrons. The second-order valence-corrected chi connectivity index (χ2v) is 26.1. The van der Waals surface area contributed by atoms with Crippen LogP contribution in [0, 0.1) is 70.8 Å². The predicted octanol–water partition coefficient (Wildman–Crippen LogP) is 18.9. The molecule has 2 aliphatic heterocycles. The highest BCUT2D eigenvalue weighted by Gasteiger charge is 2.41. The Morgan fingerprint density at radius 1 is 0.429 bits per heavy atom. The van der Waals surface area contributed by atoms with Gasteiger partial charge in [-0.3, -0.25) is 13.3 Å². The summed E-state index contributed by atoms with van der Waals surface area (Å²) in [4.78, 5) is 14.3. The van der Waals surface area contributed by atoms with Crippen LogP contribution >= 0.6 is 0 Å². The molecule has 2 aliphatic rings. The molecule has 0 fully saturated rings. The van der Waals surface area contributed by atoms with Gasteiger partial charge in [0.2, 0.25) is 11.0 Å². The Morgan fingerprint density at radius 3 is 1.36 bits per heavy atom. The van der Waals surface area contributed by atoms with Gasteiger partial charge in [0.15, 0.2) is 0 Å². The summed E-state index contributed by atoms with van der Waals surface area (Å²) in [5.74, 6) is 0.588. The number of hydrogen-bond acceptors (Lipinski definition) is 8. The molecule has 4 aromatic heterocycles. The quantitative estimate of drug-likeness (QED) is 0.0677. The van der Waals surface area contributed by atoms with Crippen molar-refractivity contribution in [3.63, 3.8) is 0 Å². The van der Waals surface area contributed by atoms with Gasteiger partial charge < -0.3 is 14.3 Å². The van der Waals surface area contributed by atoms with Gasteiger partial charge in [0.1, 0.15) is 23.8 Å². The van der Waals surface area contributed by atoms with Gasteiger partial charge >= 0.3 is 26.4 Å². The molecule has 0 atom stereocenters. The molecule has 105 heavy (non-hydrogen) atoms. The number of halogens is 3. The summed E-state index contributed by atoms with van der Waals surface area (Å²) >= 11 is 0. The van der Waals surface area contributed by atoms with Gasteiger partial charge in [-0.05, 0) is 225 Å². The number of rotatable bonds is 12. The number of anilines is 6. The second kappa shape index (κ2) is 25.1. The van der Waals surface area contributed by atoms with E-state index in [0.29, 0.717) is 50.2 Å². The minimum absolute atomic E-state index is 0.192. The van der Waals surface area contributed by atoms with E-state index in [4.69, 9.17) is 9.98 Å². The number of nitriles is 4. The average Bonchev–Trinajstić information content (AvgIpc) is 1.56. The van der Waals surface area contributed by atoms with Crippen LogP contribution in [0.5, 0.6) is 0 Å². The summed E-state index contributed by atoms with van der Waals surface area (Å²) in [7, 11) is 0.399. The lowest BCUT2D eigenvalue weighted by atomic mass is 9.93. The fourth-order valence-corrected chi connectivity index (χ4v) is 15.2. The molecule has 0 unspecified atom stereocenters. The molecule has 0 N–H and O–H groups in total. The van der Waals surface area contributed by atoms with E-state index in [-0.39, 0.29) is 22.8 Å². The summed E-state index contributed by atoms with van der Waals surface area (Å²) in [6, 6.07) is 92.4. The molecule has 12 aromatic carbocycles. The van der Waals surface area contributed by atoms with Gasteiger partial charge in [0.25, 0.3) is 0 Å². The van der Waals surface area contributed by atoms with Gasteiger partial charge in [-0.25, -0.2) is 13.3 Å². The Labute approximate surface area is 601 Å². The number of hydrogen-bond donors (Lipinski definition) is 0. The van der Waals surface area contributed by atoms with Crippen LogP contribution in [-0.2, 0) is 0 Å². The largest absolute Gasteiger partial charge is 0.727 e. The summed E-state index contributed by atoms with van der Waals surface area (Å²) in [5, 5.41) is 47.1. The van der Waals surface area contributed by atoms with Crippen molar-refractivity contribution in [1.82, 2.24) is 8.96 Å². The van der Waals surface area contributed by atoms with E-state index in [0.717, 1.165) is 128 Å². The number of aromatic nitrogens is 4. The lowest BCUT2D eigenvalue weighted by Crippen LogP contribution is -2.58. The molecule has 0 aliphatic carbocycles. The first-order chi connectivity index (χ1) is 51.4. The third-order valence-corrected chi connectivity index (χ3v) is 20.2. The molecule has 17 heteroatoms. The SMILES string of the molecule is Cc1cc(/C(C#N)=C(\C#N)c2ccc(N(c3ccc(C#N)cc3)c3ccc(-c4ccc5[n+](c4)B(F)n4c(c6cccc7c(-c8ccccc8F)ccc4c76)=N5)cc3)c(C)c2)ccc1N(c1ccc(C#N)cc1)c1ccc(-c2ccc3[n+](c2)[B]n2c(c4cccc5c(-c6ccccc6F)ccc2c54)=N3)cc1. The van der Waals surface area contributed by atoms with Crippen molar-refractivity contribution in [3.05, 3.63) is 335 Å². The molecule has 489 valence electrons. The van der Waals surface area contributed by atoms with Gasteiger partial charge in [-0.15, -0.1) is 0 Å². The summed E-state index contributed by atoms with van der Waals surface area (Å²) in [5.41, 5.74) is 17.8. The smallest absolute Gasteiger partial charge is 0.310 e. The molecular weight excluding hydrogens is 1300 g/mol. The van der Waals surface area contributed by atoms with Crippen LogP contribution in [0.3, 0.4) is 0 Å². The van der Waals surface area contributed by atoms with E-state index in [9.17, 15) is 21.0 Å². The molecule has 0 amide bonds. The van der Waals surface area contributed by atoms with Crippen LogP contribution in [0.1, 0.15) is 33.4 Å². The first-order valence-corrected chi connectivity index (χ1v) is 34.0. The van der Waals surface area contributed by atoms with E-state index in [1.54, 1.807) is 59.2 Å². The molecule has 0 saturated carbocycles. The molecule has 0 spiro atoms. The van der Waals surface area contributed by atoms with E-state index in [2.05, 4.69) is 81.1 Å². The van der Waals surface area contributed by atoms with E-state index < -0.39 is 7.26 Å². The Kier molecular flexibility index (Phi) is 15.0. The van der Waals surface area contributed by atoms with Crippen molar-refractivity contribution in [2.75, 3.05) is 9.80 Å². The maximum absolute atomic E-state index is 17.3. The topological polar surface area (TPSA) is 144 Å². The van der Waals surface area contributed by atoms with Crippen molar-refractivity contribution < 1.29 is 22.1 Å². The van der Waals surface area contributed by atoms with E-state index in [1.165, 1.54) is 16.6 Å². The zero-order valence-electron chi connectivity index (χ0n) is 56.2. The molecule has 6 heterocycles. The molecular formula is C88H52B2F3N12+2. The minimum Gasteiger partial charge on any atom is -0.310 e. The van der Waals surface area contributed by atoms with Crippen LogP contribution < -0.4 is 29.7 Å². The number of pyridine rings is 2. The molecule has 0 saturated heterocycles. The third-order valence-electron chi connectivity index (χ3n) is 20.2. The van der Waals surface area contributed by atoms with Crippen molar-refractivity contribution in [3.8, 4) is 68.8 Å². The Bertz CT molecular complexity index is 6700. The van der Waals surface area contributed by atoms with Gasteiger partial charge in [0, 0.05) is 90.3 Å². The number of allylic oxidation sites excluding steroid dienone is 2. The Hall–Kier alpha value is -14.4. The van der Waals surface area contributed by atoms with Crippen LogP contribution in [0.25, 0.3) is 99.0 Å². The monoisotopic (exact) mass is 1360 g/mol. The summed E-state index contributed by atoms with van der Waals surface area (Å²) in [6.07, 6.45) is 3.83. The van der Waals surface area contributed by atoms with Crippen LogP contribution in [0.4, 0.5) is 58.9 Å². The standard InChI is InChI=1S/C88H52B2F3N12/c1-53-45-59(25-39-79(53)102(63-29-17-55(47-94)18-30-63)65-33-21-57(22-34-65)61-27-43-83-98-87-73-13-7-11-71-67(69-9-3-5-15-77(69)91)37-41-81(85(71)73)104(87)89-100(83)51-61)75(49-96)76(50-97)60-26-40-80(54(2)46-60)103(64-31-19-56(48-95)20-32-64)66-35-23-58(24-36-66)62-28-44-84-99-88-74-14-8-12-72-68(70-10-4-6-16-78(70)92)38-42-82(86(72)74)105(88)90(93)101(84)52-62/h3-46,51-52H,1-2H3/q+2/b76-75+. The average molecular weight is 1360 g/mol. The highest BCUT2D eigenvalue weighted by Crippen LogP contribution is 2.44. The summed E-state index contributed by atoms with van der Waals surface area (Å²) in [6.45, 7) is 3.93. The lowest BCUT2D eigenvalue weighted by molar-refractivity contribution is -0.535. The van der Waals surface area contributed by atoms with Crippen molar-refractivity contribution >= 4 is 115 Å². The van der Waals surface area contributed by atoms with Crippen molar-refractivity contribution in [2.24, 2.45) is 9.98 Å². The fourth-order valence-electron chi connectivity index (χ4n) is 15.2. The number of aryl methyl sites for hydroxylation is 2. The molecule has 18 rings (SSSR count). The highest BCUT2D eigenvalue weighted by atomic mass is 19.1. The first-order valence-electron chi connectivity index (χ1n) is 34.0. The van der Waals surface area contributed by atoms with Crippen LogP contribution in [0.2, 0.25) is 0 Å². The lowest BCUT2D eigenvalue weighted by Gasteiger charge is -2.28. The Morgan fingerprint density at radius 2 is 0.867 bits per heavy atom. The van der Waals surface area contributed by atoms with Crippen molar-refractivity contribution in [2.45, 2.75) is 13.8 Å². The third kappa shape index (κ3) is 10.4. The normalized spacial score (nSPS) is 12.2. The molecule has 12 nitrogen and oxygen atoms in total. The fraction of sp³-hybridized carbons (Fsp3) is 0.0227. The predicted molar refractivity (Wildman–Crippen MR) is 407 cm³/mol. The van der Waals surface area contributed by atoms with Gasteiger partial charge in [0.05, 0.1) is 57.6 Å². The number of nitrogens with zero attached hydrogens (tertiary/aromatic N) is 12. The second-order valence-electron chi connectivity index (χ2n) is 26.1. The van der Waals surface area contributed by atoms with Crippen molar-refractivity contribution in [1.29, 1.82) is 21.0 Å². The van der Waals surface area contributed by atoms with E-state index in [1.807, 2.05) is 196 Å². The van der Waals surface area contributed by atoms with Crippen LogP contribution in [-0.4, -0.2) is 23.8 Å². The van der Waals surface area contributed by atoms with Gasteiger partial charge in [-0.2, -0.15) is 21.0 Å². The number of fused-ring (bicyclic) bond motifs is 8. The first kappa shape index (κ1) is 62.8. The van der Waals surface area contributed by atoms with Crippen LogP contribution in [0.15, 0.2) is 289 Å². The minimum atomic E-state index is -1.64. The zero-order chi connectivity index (χ0) is 71.3. The Balaban J connectivity index is 0.631. The maximum Gasteiger partial charge on any atom is 0.727 e. The zero-order valence-corrected chi connectivity index (χ0v) is 56.2. The number of benzene rings is 12. The highest BCUT2D eigenvalue weighted by molar-refractivity contribution is 6.42. The molecule has 16 aromatic rings. The van der Waals surface area contributed by atoms with E-state index >= 15 is 13.1 Å². The van der Waals surface area contributed by atoms with Gasteiger partial charge in [-0.1, -0.05) is 109 Å².